The van der Waals surface area contributed by atoms with Crippen molar-refractivity contribution in [3.63, 3.8) is 0 Å². The molecule has 0 saturated heterocycles. The lowest BCUT2D eigenvalue weighted by Crippen LogP contribution is -2.20. The summed E-state index contributed by atoms with van der Waals surface area (Å²) in [5, 5.41) is 0. The van der Waals surface area contributed by atoms with E-state index in [4.69, 9.17) is 10.5 Å². The number of ether oxygens (including phenoxy) is 1. The quantitative estimate of drug-likeness (QED) is 0.876. The molecule has 6 heteroatoms. The normalized spacial score (nSPS) is 13.3. The number of halogens is 1. The van der Waals surface area contributed by atoms with Gasteiger partial charge >= 0.3 is 0 Å². The van der Waals surface area contributed by atoms with Crippen LogP contribution in [-0.2, 0) is 9.84 Å². The van der Waals surface area contributed by atoms with Gasteiger partial charge in [0.1, 0.15) is 18.2 Å². The second-order valence-electron chi connectivity index (χ2n) is 5.97. The van der Waals surface area contributed by atoms with Crippen LogP contribution >= 0.6 is 0 Å². The average molecular weight is 315 g/mol. The molecule has 0 heterocycles. The smallest absolute Gasteiger partial charge is 0.178 e. The van der Waals surface area contributed by atoms with E-state index in [9.17, 15) is 12.8 Å². The Morgan fingerprint density at radius 3 is 2.33 bits per heavy atom. The fourth-order valence-corrected chi connectivity index (χ4v) is 3.59. The Labute approximate surface area is 125 Å². The third-order valence-corrected chi connectivity index (χ3v) is 4.76. The van der Waals surface area contributed by atoms with E-state index in [-0.39, 0.29) is 29.2 Å². The zero-order chi connectivity index (χ0) is 16.1. The Morgan fingerprint density at radius 2 is 1.86 bits per heavy atom. The summed E-state index contributed by atoms with van der Waals surface area (Å²) in [6.07, 6.45) is 1.22. The van der Waals surface area contributed by atoms with Gasteiger partial charge in [0.15, 0.2) is 9.84 Å². The molecule has 0 atom stereocenters. The van der Waals surface area contributed by atoms with Gasteiger partial charge < -0.3 is 10.5 Å². The van der Waals surface area contributed by atoms with Gasteiger partial charge in [0.2, 0.25) is 0 Å². The summed E-state index contributed by atoms with van der Waals surface area (Å²) in [7, 11) is -3.33. The van der Waals surface area contributed by atoms with Crippen molar-refractivity contribution in [1.82, 2.24) is 0 Å². The van der Waals surface area contributed by atoms with Gasteiger partial charge in [-0.1, -0.05) is 20.8 Å². The molecule has 0 fully saturated rings. The maximum Gasteiger partial charge on any atom is 0.178 e. The minimum absolute atomic E-state index is 0.0636. The molecular weight excluding hydrogens is 293 g/mol. The van der Waals surface area contributed by atoms with E-state index in [2.05, 4.69) is 0 Å². The Balaban J connectivity index is 2.76. The number of benzene rings is 1. The van der Waals surface area contributed by atoms with E-state index in [0.717, 1.165) is 0 Å². The highest BCUT2D eigenvalue weighted by Gasteiger charge is 2.23. The molecule has 0 amide bonds. The molecule has 1 aromatic rings. The van der Waals surface area contributed by atoms with Gasteiger partial charge in [-0.3, -0.25) is 0 Å². The first kappa shape index (κ1) is 17.7. The molecule has 0 aliphatic rings. The molecule has 0 radical (unpaired) electrons. The average Bonchev–Trinajstić information content (AvgIpc) is 2.34. The second-order valence-corrected chi connectivity index (χ2v) is 7.96. The van der Waals surface area contributed by atoms with E-state index < -0.39 is 15.7 Å². The van der Waals surface area contributed by atoms with Crippen molar-refractivity contribution in [2.24, 2.45) is 11.1 Å². The summed E-state index contributed by atoms with van der Waals surface area (Å²) in [4.78, 5) is 0.239. The van der Waals surface area contributed by atoms with Gasteiger partial charge in [0.05, 0.1) is 10.6 Å². The Kier molecular flexibility index (Phi) is 5.92. The lowest BCUT2D eigenvalue weighted by atomic mass is 10.0. The van der Waals surface area contributed by atoms with Crippen LogP contribution in [0.15, 0.2) is 41.1 Å². The van der Waals surface area contributed by atoms with Crippen LogP contribution < -0.4 is 10.5 Å². The van der Waals surface area contributed by atoms with Gasteiger partial charge in [-0.25, -0.2) is 12.8 Å². The van der Waals surface area contributed by atoms with Crippen molar-refractivity contribution < 1.29 is 17.5 Å². The molecular formula is C15H22FNO3S. The molecule has 4 nitrogen and oxygen atoms in total. The summed E-state index contributed by atoms with van der Waals surface area (Å²) >= 11 is 0. The third-order valence-electron chi connectivity index (χ3n) is 2.52. The molecule has 1 rings (SSSR count). The zero-order valence-electron chi connectivity index (χ0n) is 12.6. The van der Waals surface area contributed by atoms with Crippen molar-refractivity contribution in [3.8, 4) is 5.75 Å². The van der Waals surface area contributed by atoms with Gasteiger partial charge in [0.25, 0.3) is 0 Å². The molecule has 0 aromatic heterocycles. The molecule has 2 N–H and O–H groups in total. The van der Waals surface area contributed by atoms with Crippen LogP contribution in [0.4, 0.5) is 4.39 Å². The standard InChI is InChI=1S/C15H22FNO3S/c1-15(2,3)11-21(18,19)14-6-4-13(5-7-14)20-10-12(16)8-9-17/h4-8H,9-11,17H2,1-3H3. The molecule has 21 heavy (non-hydrogen) atoms. The molecule has 0 aliphatic carbocycles. The highest BCUT2D eigenvalue weighted by atomic mass is 32.2. The van der Waals surface area contributed by atoms with Gasteiger partial charge in [-0.2, -0.15) is 0 Å². The van der Waals surface area contributed by atoms with Crippen LogP contribution in [0.5, 0.6) is 5.75 Å². The number of rotatable bonds is 6. The minimum Gasteiger partial charge on any atom is -0.487 e. The van der Waals surface area contributed by atoms with Crippen molar-refractivity contribution in [3.05, 3.63) is 36.2 Å². The monoisotopic (exact) mass is 315 g/mol. The number of sulfone groups is 1. The van der Waals surface area contributed by atoms with E-state index in [1.807, 2.05) is 20.8 Å². The molecule has 0 unspecified atom stereocenters. The summed E-state index contributed by atoms with van der Waals surface area (Å²) in [6, 6.07) is 5.98. The third kappa shape index (κ3) is 6.27. The van der Waals surface area contributed by atoms with Crippen LogP contribution in [0, 0.1) is 5.41 Å². The Bertz CT molecular complexity index is 586. The lowest BCUT2D eigenvalue weighted by Gasteiger charge is -2.18. The molecule has 0 saturated carbocycles. The molecule has 118 valence electrons. The van der Waals surface area contributed by atoms with E-state index >= 15 is 0 Å². The van der Waals surface area contributed by atoms with E-state index in [1.165, 1.54) is 30.3 Å². The zero-order valence-corrected chi connectivity index (χ0v) is 13.4. The van der Waals surface area contributed by atoms with E-state index in [0.29, 0.717) is 5.75 Å². The SMILES string of the molecule is CC(C)(C)CS(=O)(=O)c1ccc(OCC(F)=CCN)cc1. The Morgan fingerprint density at radius 1 is 1.29 bits per heavy atom. The highest BCUT2D eigenvalue weighted by molar-refractivity contribution is 7.91. The van der Waals surface area contributed by atoms with E-state index in [1.54, 1.807) is 0 Å². The molecule has 0 spiro atoms. The summed E-state index contributed by atoms with van der Waals surface area (Å²) < 4.78 is 42.7. The molecule has 0 aliphatic heterocycles. The van der Waals surface area contributed by atoms with Crippen LogP contribution in [0.2, 0.25) is 0 Å². The molecule has 1 aromatic carbocycles. The lowest BCUT2D eigenvalue weighted by molar-refractivity contribution is 0.318. The highest BCUT2D eigenvalue weighted by Crippen LogP contribution is 2.23. The Hall–Kier alpha value is -1.40. The molecule has 0 bridgehead atoms. The van der Waals surface area contributed by atoms with Crippen LogP contribution in [-0.4, -0.2) is 27.3 Å². The second kappa shape index (κ2) is 7.04. The fourth-order valence-electron chi connectivity index (χ4n) is 1.74. The maximum absolute atomic E-state index is 13.1. The van der Waals surface area contributed by atoms with Gasteiger partial charge in [-0.15, -0.1) is 0 Å². The van der Waals surface area contributed by atoms with Crippen molar-refractivity contribution >= 4 is 9.84 Å². The number of hydrogen-bond acceptors (Lipinski definition) is 4. The van der Waals surface area contributed by atoms with Crippen molar-refractivity contribution in [2.45, 2.75) is 25.7 Å². The summed E-state index contributed by atoms with van der Waals surface area (Å²) in [5.41, 5.74) is 4.86. The first-order valence-electron chi connectivity index (χ1n) is 6.64. The largest absolute Gasteiger partial charge is 0.487 e. The van der Waals surface area contributed by atoms with Crippen molar-refractivity contribution in [2.75, 3.05) is 18.9 Å². The van der Waals surface area contributed by atoms with Crippen LogP contribution in [0.1, 0.15) is 20.8 Å². The fraction of sp³-hybridized carbons (Fsp3) is 0.467. The number of nitrogens with two attached hydrogens (primary N) is 1. The van der Waals surface area contributed by atoms with Crippen molar-refractivity contribution in [1.29, 1.82) is 0 Å². The summed E-state index contributed by atoms with van der Waals surface area (Å²) in [6.45, 7) is 5.50. The maximum atomic E-state index is 13.1. The topological polar surface area (TPSA) is 69.4 Å². The van der Waals surface area contributed by atoms with Crippen LogP contribution in [0.3, 0.4) is 0 Å². The number of hydrogen-bond donors (Lipinski definition) is 1. The first-order valence-corrected chi connectivity index (χ1v) is 8.29. The predicted molar refractivity (Wildman–Crippen MR) is 81.7 cm³/mol. The summed E-state index contributed by atoms with van der Waals surface area (Å²) in [5.74, 6) is 0.0147. The first-order chi connectivity index (χ1) is 9.64. The van der Waals surface area contributed by atoms with Gasteiger partial charge in [-0.05, 0) is 35.8 Å². The van der Waals surface area contributed by atoms with Gasteiger partial charge in [0, 0.05) is 6.54 Å². The predicted octanol–water partition coefficient (Wildman–Crippen LogP) is 2.70. The van der Waals surface area contributed by atoms with Crippen LogP contribution in [0.25, 0.3) is 0 Å². The minimum atomic E-state index is -3.33.